The van der Waals surface area contributed by atoms with Crippen LogP contribution in [0.3, 0.4) is 0 Å². The van der Waals surface area contributed by atoms with Gasteiger partial charge in [-0.25, -0.2) is 10.5 Å². The van der Waals surface area contributed by atoms with Crippen molar-refractivity contribution in [2.75, 3.05) is 0 Å². The molecule has 0 aromatic carbocycles. The predicted octanol–water partition coefficient (Wildman–Crippen LogP) is -3.19. The van der Waals surface area contributed by atoms with E-state index in [9.17, 15) is 4.79 Å². The van der Waals surface area contributed by atoms with Gasteiger partial charge in [0.2, 0.25) is 0 Å². The molecule has 0 fully saturated rings. The summed E-state index contributed by atoms with van der Waals surface area (Å²) in [7, 11) is 0. The van der Waals surface area contributed by atoms with Crippen LogP contribution in [0.25, 0.3) is 0 Å². The van der Waals surface area contributed by atoms with Crippen molar-refractivity contribution >= 4 is 6.29 Å². The molecule has 0 amide bonds. The van der Waals surface area contributed by atoms with E-state index < -0.39 is 0 Å². The molecule has 0 aliphatic rings. The number of aldehydes is 1. The van der Waals surface area contributed by atoms with E-state index in [4.69, 9.17) is 10.5 Å². The van der Waals surface area contributed by atoms with E-state index in [1.807, 2.05) is 0 Å². The Morgan fingerprint density at radius 3 is 1.75 bits per heavy atom. The SMILES string of the molecule is N#C[C-](C#N)C=O.[Na+]. The minimum atomic E-state index is -0.389. The molecule has 34 valence electrons. The van der Waals surface area contributed by atoms with Crippen LogP contribution in [0.15, 0.2) is 0 Å². The molecule has 0 rings (SSSR count). The monoisotopic (exact) mass is 116 g/mol. The van der Waals surface area contributed by atoms with Crippen LogP contribution >= 0.6 is 0 Å². The van der Waals surface area contributed by atoms with Gasteiger partial charge in [0, 0.05) is 6.29 Å². The Labute approximate surface area is 69.2 Å². The Balaban J connectivity index is 0. The third kappa shape index (κ3) is 3.70. The zero-order valence-corrected chi connectivity index (χ0v) is 6.38. The van der Waals surface area contributed by atoms with E-state index in [2.05, 4.69) is 0 Å². The molecule has 0 aliphatic carbocycles. The molecule has 0 radical (unpaired) electrons. The van der Waals surface area contributed by atoms with Gasteiger partial charge in [0.05, 0.1) is 0 Å². The summed E-state index contributed by atoms with van der Waals surface area (Å²) in [5.74, 6) is -0.389. The number of nitriles is 2. The molecular weight excluding hydrogens is 115 g/mol. The van der Waals surface area contributed by atoms with Gasteiger partial charge in [-0.05, 0) is 0 Å². The van der Waals surface area contributed by atoms with Gasteiger partial charge < -0.3 is 4.79 Å². The van der Waals surface area contributed by atoms with Crippen LogP contribution in [-0.2, 0) is 4.79 Å². The molecule has 0 aliphatic heterocycles. The molecule has 0 spiro atoms. The minimum absolute atomic E-state index is 0. The summed E-state index contributed by atoms with van der Waals surface area (Å²) in [6.07, 6.45) is 0.222. The second-order valence-electron chi connectivity index (χ2n) is 0.755. The molecule has 0 bridgehead atoms. The van der Waals surface area contributed by atoms with Gasteiger partial charge in [-0.1, -0.05) is 12.1 Å². The maximum absolute atomic E-state index is 9.49. The third-order valence-corrected chi connectivity index (χ3v) is 0.359. The van der Waals surface area contributed by atoms with Gasteiger partial charge in [0.25, 0.3) is 0 Å². The van der Waals surface area contributed by atoms with Crippen LogP contribution in [0, 0.1) is 28.6 Å². The zero-order valence-electron chi connectivity index (χ0n) is 4.38. The van der Waals surface area contributed by atoms with E-state index >= 15 is 0 Å². The molecule has 0 atom stereocenters. The van der Waals surface area contributed by atoms with Gasteiger partial charge >= 0.3 is 29.6 Å². The summed E-state index contributed by atoms with van der Waals surface area (Å²) in [5, 5.41) is 15.6. The summed E-state index contributed by atoms with van der Waals surface area (Å²) < 4.78 is 0. The number of hydrogen-bond donors (Lipinski definition) is 0. The van der Waals surface area contributed by atoms with Crippen molar-refractivity contribution < 1.29 is 34.4 Å². The van der Waals surface area contributed by atoms with Crippen LogP contribution in [-0.4, -0.2) is 6.29 Å². The standard InChI is InChI=1S/C4HN2O.Na/c5-1-4(2-6)3-7;/h3H;/q-1;+1. The Morgan fingerprint density at radius 2 is 1.75 bits per heavy atom. The van der Waals surface area contributed by atoms with Crippen molar-refractivity contribution in [3.05, 3.63) is 5.92 Å². The Kier molecular flexibility index (Phi) is 8.55. The molecule has 3 nitrogen and oxygen atoms in total. The second-order valence-corrected chi connectivity index (χ2v) is 0.755. The first kappa shape index (κ1) is 10.5. The normalized spacial score (nSPS) is 4.75. The number of carbonyl (C=O) groups excluding carboxylic acids is 1. The quantitative estimate of drug-likeness (QED) is 0.206. The summed E-state index contributed by atoms with van der Waals surface area (Å²) in [4.78, 5) is 9.49. The third-order valence-electron chi connectivity index (χ3n) is 0.359. The molecule has 4 heteroatoms. The van der Waals surface area contributed by atoms with Crippen molar-refractivity contribution in [2.24, 2.45) is 0 Å². The van der Waals surface area contributed by atoms with Gasteiger partial charge in [-0.2, -0.15) is 0 Å². The largest absolute Gasteiger partial charge is 1.00 e. The summed E-state index contributed by atoms with van der Waals surface area (Å²) >= 11 is 0. The van der Waals surface area contributed by atoms with Gasteiger partial charge in [0.15, 0.2) is 0 Å². The van der Waals surface area contributed by atoms with E-state index in [0.717, 1.165) is 0 Å². The first-order chi connectivity index (χ1) is 3.35. The maximum atomic E-state index is 9.49. The van der Waals surface area contributed by atoms with Crippen molar-refractivity contribution in [1.82, 2.24) is 0 Å². The fourth-order valence-corrected chi connectivity index (χ4v) is 0.0777. The molecular formula is C4HN2NaO. The molecule has 0 N–H and O–H groups in total. The first-order valence-electron chi connectivity index (χ1n) is 1.47. The topological polar surface area (TPSA) is 64.7 Å². The molecule has 0 saturated heterocycles. The van der Waals surface area contributed by atoms with Crippen molar-refractivity contribution in [3.8, 4) is 12.1 Å². The fraction of sp³-hybridized carbons (Fsp3) is 0. The molecule has 0 heterocycles. The van der Waals surface area contributed by atoms with Crippen molar-refractivity contribution in [3.63, 3.8) is 0 Å². The van der Waals surface area contributed by atoms with Crippen molar-refractivity contribution in [2.45, 2.75) is 0 Å². The molecule has 0 saturated carbocycles. The van der Waals surface area contributed by atoms with Crippen molar-refractivity contribution in [1.29, 1.82) is 10.5 Å². The molecule has 0 aromatic rings. The van der Waals surface area contributed by atoms with Crippen LogP contribution in [0.2, 0.25) is 0 Å². The van der Waals surface area contributed by atoms with Crippen LogP contribution in [0.4, 0.5) is 0 Å². The first-order valence-corrected chi connectivity index (χ1v) is 1.47. The van der Waals surface area contributed by atoms with E-state index in [1.165, 1.54) is 12.1 Å². The minimum Gasteiger partial charge on any atom is -0.336 e. The molecule has 8 heavy (non-hydrogen) atoms. The van der Waals surface area contributed by atoms with Crippen LogP contribution in [0.5, 0.6) is 0 Å². The van der Waals surface area contributed by atoms with Gasteiger partial charge in [0.1, 0.15) is 0 Å². The summed E-state index contributed by atoms with van der Waals surface area (Å²) in [6.45, 7) is 0. The molecule has 0 aromatic heterocycles. The van der Waals surface area contributed by atoms with Gasteiger partial charge in [-0.15, -0.1) is 5.92 Å². The Bertz CT molecular complexity index is 129. The Morgan fingerprint density at radius 1 is 1.38 bits per heavy atom. The smallest absolute Gasteiger partial charge is 0.336 e. The summed E-state index contributed by atoms with van der Waals surface area (Å²) in [6, 6.07) is 2.78. The van der Waals surface area contributed by atoms with Crippen LogP contribution in [0.1, 0.15) is 0 Å². The van der Waals surface area contributed by atoms with Crippen LogP contribution < -0.4 is 29.6 Å². The average Bonchev–Trinajstić information content (AvgIpc) is 1.72. The number of carbonyl (C=O) groups is 1. The number of hydrogen-bond acceptors (Lipinski definition) is 3. The van der Waals surface area contributed by atoms with E-state index in [1.54, 1.807) is 0 Å². The van der Waals surface area contributed by atoms with E-state index in [0.29, 0.717) is 0 Å². The number of rotatable bonds is 1. The zero-order chi connectivity index (χ0) is 5.70. The fourth-order valence-electron chi connectivity index (χ4n) is 0.0777. The second kappa shape index (κ2) is 6.52. The summed E-state index contributed by atoms with van der Waals surface area (Å²) in [5.41, 5.74) is 0. The molecule has 0 unspecified atom stereocenters. The predicted molar refractivity (Wildman–Crippen MR) is 20.5 cm³/mol. The number of nitrogens with zero attached hydrogens (tertiary/aromatic N) is 2. The maximum Gasteiger partial charge on any atom is 1.00 e. The van der Waals surface area contributed by atoms with Gasteiger partial charge in [-0.3, -0.25) is 0 Å². The Hall–Kier alpha value is -0.480. The van der Waals surface area contributed by atoms with E-state index in [-0.39, 0.29) is 41.8 Å². The average molecular weight is 116 g/mol.